The molecule has 1 aliphatic heterocycles. The van der Waals surface area contributed by atoms with Crippen LogP contribution in [0.4, 0.5) is 0 Å². The van der Waals surface area contributed by atoms with Crippen molar-refractivity contribution in [2.45, 2.75) is 32.0 Å². The predicted molar refractivity (Wildman–Crippen MR) is 80.4 cm³/mol. The molecule has 0 aliphatic carbocycles. The van der Waals surface area contributed by atoms with Gasteiger partial charge in [0.25, 0.3) is 5.91 Å². The maximum absolute atomic E-state index is 12.4. The van der Waals surface area contributed by atoms with E-state index in [1.165, 1.54) is 0 Å². The van der Waals surface area contributed by atoms with Gasteiger partial charge in [-0.3, -0.25) is 14.6 Å². The Balaban J connectivity index is 1.68. The third-order valence-electron chi connectivity index (χ3n) is 3.56. The zero-order valence-corrected chi connectivity index (χ0v) is 13.1. The van der Waals surface area contributed by atoms with Gasteiger partial charge in [0, 0.05) is 18.8 Å². The summed E-state index contributed by atoms with van der Waals surface area (Å²) >= 11 is 0. The molecule has 3 heterocycles. The molecule has 24 heavy (non-hydrogen) atoms. The van der Waals surface area contributed by atoms with Crippen LogP contribution in [-0.4, -0.2) is 39.6 Å². The molecule has 3 rings (SSSR count). The second kappa shape index (κ2) is 7.18. The Hall–Kier alpha value is -2.81. The molecule has 2 N–H and O–H groups in total. The van der Waals surface area contributed by atoms with Crippen molar-refractivity contribution < 1.29 is 18.8 Å². The number of ether oxygens (including phenoxy) is 1. The summed E-state index contributed by atoms with van der Waals surface area (Å²) in [7, 11) is 0. The van der Waals surface area contributed by atoms with Crippen LogP contribution in [0.5, 0.6) is 0 Å². The monoisotopic (exact) mass is 331 g/mol. The van der Waals surface area contributed by atoms with Gasteiger partial charge in [-0.2, -0.15) is 4.98 Å². The van der Waals surface area contributed by atoms with Crippen LogP contribution in [0.3, 0.4) is 0 Å². The smallest absolute Gasteiger partial charge is 0.252 e. The van der Waals surface area contributed by atoms with Crippen molar-refractivity contribution in [2.24, 2.45) is 0 Å². The summed E-state index contributed by atoms with van der Waals surface area (Å²) < 4.78 is 10.4. The minimum absolute atomic E-state index is 0.0966. The first kappa shape index (κ1) is 16.1. The third-order valence-corrected chi connectivity index (χ3v) is 3.56. The average Bonchev–Trinajstić information content (AvgIpc) is 3.08. The van der Waals surface area contributed by atoms with E-state index in [1.54, 1.807) is 24.5 Å². The van der Waals surface area contributed by atoms with Crippen LogP contribution in [0, 0.1) is 0 Å². The molecule has 2 atom stereocenters. The van der Waals surface area contributed by atoms with Crippen molar-refractivity contribution in [1.29, 1.82) is 0 Å². The first-order valence-electron chi connectivity index (χ1n) is 7.57. The van der Waals surface area contributed by atoms with Crippen molar-refractivity contribution in [1.82, 2.24) is 25.8 Å². The Labute approximate surface area is 137 Å². The number of nitrogens with one attached hydrogen (secondary N) is 2. The topological polar surface area (TPSA) is 119 Å². The summed E-state index contributed by atoms with van der Waals surface area (Å²) in [5, 5.41) is 9.21. The van der Waals surface area contributed by atoms with Crippen LogP contribution in [0.25, 0.3) is 0 Å². The quantitative estimate of drug-likeness (QED) is 0.785. The molecular weight excluding hydrogens is 314 g/mol. The number of nitrogens with zero attached hydrogens (tertiary/aromatic N) is 3. The van der Waals surface area contributed by atoms with Gasteiger partial charge in [0.15, 0.2) is 11.9 Å². The average molecular weight is 331 g/mol. The van der Waals surface area contributed by atoms with Crippen LogP contribution in [0.15, 0.2) is 29.0 Å². The maximum atomic E-state index is 12.4. The summed E-state index contributed by atoms with van der Waals surface area (Å²) in [6.45, 7) is 1.83. The highest BCUT2D eigenvalue weighted by atomic mass is 16.5. The molecule has 9 heteroatoms. The van der Waals surface area contributed by atoms with Crippen molar-refractivity contribution >= 4 is 11.8 Å². The van der Waals surface area contributed by atoms with E-state index in [4.69, 9.17) is 9.26 Å². The van der Waals surface area contributed by atoms with Crippen LogP contribution in [0.2, 0.25) is 0 Å². The number of morpholine rings is 1. The lowest BCUT2D eigenvalue weighted by atomic mass is 10.0. The van der Waals surface area contributed by atoms with Gasteiger partial charge in [-0.15, -0.1) is 0 Å². The lowest BCUT2D eigenvalue weighted by Gasteiger charge is -2.31. The van der Waals surface area contributed by atoms with E-state index in [0.29, 0.717) is 23.7 Å². The first-order valence-corrected chi connectivity index (χ1v) is 7.57. The molecule has 1 saturated heterocycles. The summed E-state index contributed by atoms with van der Waals surface area (Å²) in [4.78, 5) is 32.2. The summed E-state index contributed by atoms with van der Waals surface area (Å²) in [5.41, 5.74) is 0.691. The molecule has 0 aromatic carbocycles. The van der Waals surface area contributed by atoms with Gasteiger partial charge in [0.2, 0.25) is 11.8 Å². The third kappa shape index (κ3) is 3.57. The largest absolute Gasteiger partial charge is 0.356 e. The van der Waals surface area contributed by atoms with Crippen LogP contribution in [-0.2, 0) is 27.3 Å². The highest BCUT2D eigenvalue weighted by molar-refractivity contribution is 5.86. The Kier molecular flexibility index (Phi) is 4.80. The summed E-state index contributed by atoms with van der Waals surface area (Å²) in [6, 6.07) is 2.91. The van der Waals surface area contributed by atoms with Crippen LogP contribution in [0.1, 0.15) is 30.2 Å². The minimum Gasteiger partial charge on any atom is -0.356 e. The van der Waals surface area contributed by atoms with Crippen LogP contribution >= 0.6 is 0 Å². The molecule has 2 amide bonds. The van der Waals surface area contributed by atoms with E-state index in [0.717, 1.165) is 0 Å². The molecule has 0 bridgehead atoms. The van der Waals surface area contributed by atoms with E-state index < -0.39 is 12.1 Å². The number of hydrogen-bond acceptors (Lipinski definition) is 7. The number of hydrogen-bond donors (Lipinski definition) is 2. The minimum atomic E-state index is -0.861. The molecule has 0 radical (unpaired) electrons. The molecule has 2 aromatic rings. The molecule has 0 spiro atoms. The van der Waals surface area contributed by atoms with Crippen molar-refractivity contribution in [3.8, 4) is 0 Å². The van der Waals surface area contributed by atoms with Crippen LogP contribution < -0.4 is 10.6 Å². The lowest BCUT2D eigenvalue weighted by molar-refractivity contribution is -0.148. The van der Waals surface area contributed by atoms with E-state index in [1.807, 2.05) is 6.92 Å². The number of carbonyl (C=O) groups excluding carboxylic acids is 2. The van der Waals surface area contributed by atoms with E-state index in [-0.39, 0.29) is 25.0 Å². The number of aromatic nitrogens is 3. The molecule has 1 aliphatic rings. The number of amides is 2. The highest BCUT2D eigenvalue weighted by Gasteiger charge is 2.36. The molecule has 0 saturated carbocycles. The van der Waals surface area contributed by atoms with Crippen molar-refractivity contribution in [3.63, 3.8) is 0 Å². The molecule has 9 nitrogen and oxygen atoms in total. The number of carbonyl (C=O) groups is 2. The fourth-order valence-corrected chi connectivity index (χ4v) is 2.37. The Morgan fingerprint density at radius 1 is 1.50 bits per heavy atom. The Bertz CT molecular complexity index is 718. The number of rotatable bonds is 5. The zero-order valence-electron chi connectivity index (χ0n) is 13.1. The van der Waals surface area contributed by atoms with Crippen molar-refractivity contribution in [3.05, 3.63) is 41.8 Å². The molecule has 126 valence electrons. The van der Waals surface area contributed by atoms with Gasteiger partial charge in [0.05, 0.1) is 12.6 Å². The summed E-state index contributed by atoms with van der Waals surface area (Å²) in [5.74, 6) is 0.240. The van der Waals surface area contributed by atoms with Gasteiger partial charge in [0.1, 0.15) is 6.61 Å². The molecule has 2 aromatic heterocycles. The Morgan fingerprint density at radius 2 is 2.38 bits per heavy atom. The number of pyridine rings is 1. The van der Waals surface area contributed by atoms with Crippen molar-refractivity contribution in [2.75, 3.05) is 6.61 Å². The fraction of sp³-hybridized carbons (Fsp3) is 0.400. The molecule has 1 fully saturated rings. The molecule has 0 unspecified atom stereocenters. The van der Waals surface area contributed by atoms with Gasteiger partial charge in [-0.05, 0) is 11.6 Å². The lowest BCUT2D eigenvalue weighted by Crippen LogP contribution is -2.52. The van der Waals surface area contributed by atoms with E-state index >= 15 is 0 Å². The summed E-state index contributed by atoms with van der Waals surface area (Å²) in [6.07, 6.45) is 3.00. The van der Waals surface area contributed by atoms with Gasteiger partial charge in [-0.1, -0.05) is 18.1 Å². The van der Waals surface area contributed by atoms with Gasteiger partial charge < -0.3 is 19.9 Å². The second-order valence-corrected chi connectivity index (χ2v) is 5.24. The fourth-order valence-electron chi connectivity index (χ4n) is 2.37. The standard InChI is InChI=1S/C15H17N5O4/c1-2-10-18-12(24-20-10)7-17-15(22)14-13(19-11(21)8-23-14)9-4-3-5-16-6-9/h3-6,13-14H,2,7-8H2,1H3,(H,17,22)(H,19,21)/t13-,14+/m1/s1. The van der Waals surface area contributed by atoms with E-state index in [9.17, 15) is 9.59 Å². The second-order valence-electron chi connectivity index (χ2n) is 5.24. The zero-order chi connectivity index (χ0) is 16.9. The SMILES string of the molecule is CCc1noc(CNC(=O)[C@H]2OCC(=O)N[C@@H]2c2cccnc2)n1. The highest BCUT2D eigenvalue weighted by Crippen LogP contribution is 2.22. The predicted octanol–water partition coefficient (Wildman–Crippen LogP) is -0.100. The van der Waals surface area contributed by atoms with Gasteiger partial charge >= 0.3 is 0 Å². The van der Waals surface area contributed by atoms with Gasteiger partial charge in [-0.25, -0.2) is 0 Å². The van der Waals surface area contributed by atoms with E-state index in [2.05, 4.69) is 25.8 Å². The molecular formula is C15H17N5O4. The normalized spacial score (nSPS) is 20.5. The maximum Gasteiger partial charge on any atom is 0.252 e. The Morgan fingerprint density at radius 3 is 3.08 bits per heavy atom. The first-order chi connectivity index (χ1) is 11.7. The number of aryl methyl sites for hydroxylation is 1.